The van der Waals surface area contributed by atoms with Crippen molar-refractivity contribution in [3.63, 3.8) is 0 Å². The van der Waals surface area contributed by atoms with E-state index in [0.717, 1.165) is 21.8 Å². The molecule has 2 N–H and O–H groups in total. The molecule has 0 saturated carbocycles. The number of amides is 2. The molecule has 20 heavy (non-hydrogen) atoms. The Morgan fingerprint density at radius 3 is 2.50 bits per heavy atom. The molecule has 0 spiro atoms. The van der Waals surface area contributed by atoms with Crippen LogP contribution in [0.2, 0.25) is 5.02 Å². The van der Waals surface area contributed by atoms with Crippen molar-refractivity contribution in [2.24, 2.45) is 0 Å². The predicted molar refractivity (Wildman–Crippen MR) is 83.4 cm³/mol. The first kappa shape index (κ1) is 14.4. The van der Waals surface area contributed by atoms with Crippen molar-refractivity contribution in [3.05, 3.63) is 64.7 Å². The second kappa shape index (κ2) is 6.96. The van der Waals surface area contributed by atoms with Gasteiger partial charge in [-0.25, -0.2) is 4.79 Å². The number of nitrogens with one attached hydrogen (secondary N) is 2. The van der Waals surface area contributed by atoms with Crippen molar-refractivity contribution in [2.75, 3.05) is 11.9 Å². The van der Waals surface area contributed by atoms with Gasteiger partial charge in [0.25, 0.3) is 0 Å². The van der Waals surface area contributed by atoms with Crippen LogP contribution in [0.5, 0.6) is 0 Å². The van der Waals surface area contributed by atoms with E-state index in [0.29, 0.717) is 13.0 Å². The van der Waals surface area contributed by atoms with E-state index in [1.54, 1.807) is 0 Å². The molecule has 0 aromatic heterocycles. The number of hydrogen-bond donors (Lipinski definition) is 2. The van der Waals surface area contributed by atoms with Gasteiger partial charge in [0.15, 0.2) is 0 Å². The molecule has 0 fully saturated rings. The summed E-state index contributed by atoms with van der Waals surface area (Å²) in [5, 5.41) is 6.33. The van der Waals surface area contributed by atoms with Gasteiger partial charge in [-0.05, 0) is 37.1 Å². The predicted octanol–water partition coefficient (Wildman–Crippen LogP) is 4.01. The van der Waals surface area contributed by atoms with Crippen LogP contribution in [-0.4, -0.2) is 12.6 Å². The summed E-state index contributed by atoms with van der Waals surface area (Å²) in [6.07, 6.45) is 0.709. The van der Waals surface area contributed by atoms with Gasteiger partial charge in [-0.3, -0.25) is 0 Å². The molecule has 0 radical (unpaired) electrons. The Hall–Kier alpha value is -2.00. The van der Waals surface area contributed by atoms with Crippen molar-refractivity contribution < 1.29 is 4.79 Å². The first-order chi connectivity index (χ1) is 9.65. The third-order valence-electron chi connectivity index (χ3n) is 2.95. The Labute approximate surface area is 124 Å². The van der Waals surface area contributed by atoms with Crippen LogP contribution in [0.1, 0.15) is 11.1 Å². The molecule has 0 aliphatic heterocycles. The first-order valence-electron chi connectivity index (χ1n) is 6.50. The Morgan fingerprint density at radius 2 is 1.80 bits per heavy atom. The third-order valence-corrected chi connectivity index (χ3v) is 3.32. The number of urea groups is 1. The SMILES string of the molecule is Cc1ccc(NC(=O)NCCc2ccccc2Cl)cc1. The second-order valence-electron chi connectivity index (χ2n) is 4.59. The van der Waals surface area contributed by atoms with E-state index in [1.165, 1.54) is 0 Å². The molecule has 2 aromatic carbocycles. The molecule has 0 heterocycles. The summed E-state index contributed by atoms with van der Waals surface area (Å²) in [6, 6.07) is 15.1. The van der Waals surface area contributed by atoms with Crippen LogP contribution in [0.25, 0.3) is 0 Å². The number of carbonyl (C=O) groups is 1. The van der Waals surface area contributed by atoms with E-state index in [9.17, 15) is 4.79 Å². The van der Waals surface area contributed by atoms with E-state index in [2.05, 4.69) is 10.6 Å². The zero-order valence-electron chi connectivity index (χ0n) is 11.3. The fourth-order valence-electron chi connectivity index (χ4n) is 1.82. The second-order valence-corrected chi connectivity index (χ2v) is 5.00. The standard InChI is InChI=1S/C16H17ClN2O/c1-12-6-8-14(9-7-12)19-16(20)18-11-10-13-4-2-3-5-15(13)17/h2-9H,10-11H2,1H3,(H2,18,19,20). The summed E-state index contributed by atoms with van der Waals surface area (Å²) in [4.78, 5) is 11.7. The van der Waals surface area contributed by atoms with Gasteiger partial charge < -0.3 is 10.6 Å². The summed E-state index contributed by atoms with van der Waals surface area (Å²) in [7, 11) is 0. The molecule has 4 heteroatoms. The van der Waals surface area contributed by atoms with Crippen LogP contribution in [0.3, 0.4) is 0 Å². The summed E-state index contributed by atoms with van der Waals surface area (Å²) in [5.74, 6) is 0. The first-order valence-corrected chi connectivity index (χ1v) is 6.88. The van der Waals surface area contributed by atoms with Gasteiger partial charge in [-0.15, -0.1) is 0 Å². The lowest BCUT2D eigenvalue weighted by Gasteiger charge is -2.08. The van der Waals surface area contributed by atoms with E-state index >= 15 is 0 Å². The lowest BCUT2D eigenvalue weighted by molar-refractivity contribution is 0.252. The van der Waals surface area contributed by atoms with Crippen LogP contribution in [-0.2, 0) is 6.42 Å². The topological polar surface area (TPSA) is 41.1 Å². The molecule has 2 aromatic rings. The number of aryl methyl sites for hydroxylation is 1. The van der Waals surface area contributed by atoms with Crippen molar-refractivity contribution >= 4 is 23.3 Å². The average molecular weight is 289 g/mol. The quantitative estimate of drug-likeness (QED) is 0.877. The molecule has 2 rings (SSSR count). The van der Waals surface area contributed by atoms with Crippen molar-refractivity contribution in [3.8, 4) is 0 Å². The zero-order valence-corrected chi connectivity index (χ0v) is 12.1. The minimum absolute atomic E-state index is 0.207. The van der Waals surface area contributed by atoms with Crippen molar-refractivity contribution in [1.29, 1.82) is 0 Å². The Kier molecular flexibility index (Phi) is 5.02. The molecule has 2 amide bonds. The highest BCUT2D eigenvalue weighted by molar-refractivity contribution is 6.31. The van der Waals surface area contributed by atoms with Gasteiger partial charge in [-0.1, -0.05) is 47.5 Å². The number of anilines is 1. The van der Waals surface area contributed by atoms with Gasteiger partial charge in [-0.2, -0.15) is 0 Å². The molecule has 0 aliphatic rings. The fourth-order valence-corrected chi connectivity index (χ4v) is 2.05. The number of carbonyl (C=O) groups excluding carboxylic acids is 1. The highest BCUT2D eigenvalue weighted by atomic mass is 35.5. The molecular weight excluding hydrogens is 272 g/mol. The van der Waals surface area contributed by atoms with Gasteiger partial charge in [0.05, 0.1) is 0 Å². The van der Waals surface area contributed by atoms with Crippen LogP contribution < -0.4 is 10.6 Å². The van der Waals surface area contributed by atoms with E-state index in [4.69, 9.17) is 11.6 Å². The van der Waals surface area contributed by atoms with Gasteiger partial charge in [0, 0.05) is 17.3 Å². The maximum absolute atomic E-state index is 11.7. The molecular formula is C16H17ClN2O. The highest BCUT2D eigenvalue weighted by Crippen LogP contribution is 2.14. The molecule has 0 unspecified atom stereocenters. The Morgan fingerprint density at radius 1 is 1.10 bits per heavy atom. The third kappa shape index (κ3) is 4.28. The molecule has 104 valence electrons. The number of hydrogen-bond acceptors (Lipinski definition) is 1. The van der Waals surface area contributed by atoms with Crippen LogP contribution >= 0.6 is 11.6 Å². The molecule has 0 aliphatic carbocycles. The minimum atomic E-state index is -0.207. The maximum Gasteiger partial charge on any atom is 0.319 e. The van der Waals surface area contributed by atoms with Gasteiger partial charge in [0.2, 0.25) is 0 Å². The lowest BCUT2D eigenvalue weighted by atomic mass is 10.1. The largest absolute Gasteiger partial charge is 0.338 e. The van der Waals surface area contributed by atoms with E-state index in [1.807, 2.05) is 55.5 Å². The average Bonchev–Trinajstić information content (AvgIpc) is 2.43. The Balaban J connectivity index is 1.78. The van der Waals surface area contributed by atoms with Gasteiger partial charge in [0.1, 0.15) is 0 Å². The Bertz CT molecular complexity index is 581. The van der Waals surface area contributed by atoms with Crippen LogP contribution in [0.4, 0.5) is 10.5 Å². The van der Waals surface area contributed by atoms with Crippen LogP contribution in [0.15, 0.2) is 48.5 Å². The van der Waals surface area contributed by atoms with Gasteiger partial charge >= 0.3 is 6.03 Å². The number of rotatable bonds is 4. The minimum Gasteiger partial charge on any atom is -0.338 e. The van der Waals surface area contributed by atoms with E-state index < -0.39 is 0 Å². The molecule has 0 atom stereocenters. The molecule has 0 bridgehead atoms. The maximum atomic E-state index is 11.7. The summed E-state index contributed by atoms with van der Waals surface area (Å²) in [5.41, 5.74) is 2.98. The van der Waals surface area contributed by atoms with Crippen LogP contribution in [0, 0.1) is 6.92 Å². The molecule has 0 saturated heterocycles. The lowest BCUT2D eigenvalue weighted by Crippen LogP contribution is -2.30. The number of benzene rings is 2. The smallest absolute Gasteiger partial charge is 0.319 e. The molecule has 3 nitrogen and oxygen atoms in total. The summed E-state index contributed by atoms with van der Waals surface area (Å²) in [6.45, 7) is 2.55. The monoisotopic (exact) mass is 288 g/mol. The summed E-state index contributed by atoms with van der Waals surface area (Å²) < 4.78 is 0. The highest BCUT2D eigenvalue weighted by Gasteiger charge is 2.02. The van der Waals surface area contributed by atoms with Crippen molar-refractivity contribution in [1.82, 2.24) is 5.32 Å². The number of halogens is 1. The van der Waals surface area contributed by atoms with Crippen molar-refractivity contribution in [2.45, 2.75) is 13.3 Å². The zero-order chi connectivity index (χ0) is 14.4. The van der Waals surface area contributed by atoms with E-state index in [-0.39, 0.29) is 6.03 Å². The fraction of sp³-hybridized carbons (Fsp3) is 0.188. The summed E-state index contributed by atoms with van der Waals surface area (Å²) >= 11 is 6.06. The normalized spacial score (nSPS) is 10.1.